The van der Waals surface area contributed by atoms with E-state index < -0.39 is 0 Å². The van der Waals surface area contributed by atoms with Gasteiger partial charge in [-0.1, -0.05) is 168 Å². The van der Waals surface area contributed by atoms with Crippen molar-refractivity contribution < 1.29 is 5.11 Å². The van der Waals surface area contributed by atoms with E-state index in [4.69, 9.17) is 15.0 Å². The van der Waals surface area contributed by atoms with Gasteiger partial charge < -0.3 is 9.67 Å². The van der Waals surface area contributed by atoms with E-state index in [0.29, 0.717) is 23.3 Å². The Morgan fingerprint density at radius 2 is 0.918 bits per heavy atom. The van der Waals surface area contributed by atoms with Gasteiger partial charge in [0.05, 0.1) is 27.8 Å². The predicted octanol–water partition coefficient (Wildman–Crippen LogP) is 7.52. The Kier molecular flexibility index (Phi) is 8.53. The second kappa shape index (κ2) is 14.3. The third kappa shape index (κ3) is 5.65. The van der Waals surface area contributed by atoms with Gasteiger partial charge in [-0.25, -0.2) is 4.98 Å². The van der Waals surface area contributed by atoms with E-state index in [1.807, 2.05) is 74.6 Å². The first kappa shape index (κ1) is 36.4. The molecule has 0 unspecified atom stereocenters. The van der Waals surface area contributed by atoms with Crippen LogP contribution in [0.15, 0.2) is 170 Å². The molecule has 11 rings (SSSR count). The number of para-hydroxylation sites is 2. The van der Waals surface area contributed by atoms with Gasteiger partial charge in [0.25, 0.3) is 0 Å². The maximum atomic E-state index is 12.3. The number of hydrogen-bond acceptors (Lipinski definition) is 4. The summed E-state index contributed by atoms with van der Waals surface area (Å²) in [6, 6.07) is 58.9. The first-order valence-electron chi connectivity index (χ1n) is 20.7. The van der Waals surface area contributed by atoms with E-state index in [0.717, 1.165) is 99.2 Å². The van der Waals surface area contributed by atoms with Crippen molar-refractivity contribution in [1.82, 2.24) is 24.1 Å². The summed E-state index contributed by atoms with van der Waals surface area (Å²) in [5, 5.41) is 16.7. The van der Waals surface area contributed by atoms with Gasteiger partial charge in [-0.05, 0) is 41.7 Å². The molecule has 0 saturated carbocycles. The number of aromatic nitrogens is 5. The van der Waals surface area contributed by atoms with Crippen LogP contribution in [0.3, 0.4) is 0 Å². The average Bonchev–Trinajstić information content (AvgIpc) is 3.84. The summed E-state index contributed by atoms with van der Waals surface area (Å²) >= 11 is 0. The lowest BCUT2D eigenvalue weighted by Crippen LogP contribution is -2.36. The zero-order chi connectivity index (χ0) is 41.4. The highest BCUT2D eigenvalue weighted by Crippen LogP contribution is 2.46. The number of rotatable bonds is 6. The third-order valence-corrected chi connectivity index (χ3v) is 12.6. The quantitative estimate of drug-likeness (QED) is 0.178. The van der Waals surface area contributed by atoms with E-state index in [2.05, 4.69) is 135 Å². The van der Waals surface area contributed by atoms with Gasteiger partial charge in [-0.15, -0.1) is 0 Å². The fraction of sp³-hybridized carbons (Fsp3) is 0.0192. The molecule has 8 aromatic carbocycles. The van der Waals surface area contributed by atoms with Crippen molar-refractivity contribution in [3.63, 3.8) is 0 Å². The van der Waals surface area contributed by atoms with Crippen LogP contribution >= 0.6 is 0 Å². The molecule has 0 radical (unpaired) electrons. The van der Waals surface area contributed by atoms with Crippen LogP contribution in [0, 0.1) is 6.92 Å². The molecule has 0 fully saturated rings. The highest BCUT2D eigenvalue weighted by Gasteiger charge is 2.27. The Morgan fingerprint density at radius 3 is 1.49 bits per heavy atom. The summed E-state index contributed by atoms with van der Waals surface area (Å²) in [5.74, 6) is 2.02. The van der Waals surface area contributed by atoms with Crippen LogP contribution in [-0.4, -0.2) is 52.7 Å². The van der Waals surface area contributed by atoms with Gasteiger partial charge in [0.1, 0.15) is 29.3 Å². The first-order valence-corrected chi connectivity index (χ1v) is 20.7. The molecule has 0 aliphatic rings. The minimum atomic E-state index is 0.303. The molecule has 0 aliphatic carbocycles. The number of benzene rings is 8. The van der Waals surface area contributed by atoms with Gasteiger partial charge in [0.15, 0.2) is 11.6 Å². The lowest BCUT2D eigenvalue weighted by atomic mass is 9.68. The van der Waals surface area contributed by atoms with E-state index in [1.165, 1.54) is 5.46 Å². The largest absolute Gasteiger partial charge is 0.508 e. The lowest BCUT2D eigenvalue weighted by Gasteiger charge is -2.24. The summed E-state index contributed by atoms with van der Waals surface area (Å²) in [7, 11) is 6.33. The molecule has 286 valence electrons. The van der Waals surface area contributed by atoms with Crippen molar-refractivity contribution >= 4 is 83.5 Å². The Hall–Kier alpha value is -7.64. The topological polar surface area (TPSA) is 68.8 Å². The van der Waals surface area contributed by atoms with Crippen molar-refractivity contribution in [2.24, 2.45) is 0 Å². The fourth-order valence-electron chi connectivity index (χ4n) is 9.30. The zero-order valence-electron chi connectivity index (χ0n) is 34.3. The molecule has 0 amide bonds. The number of aromatic hydroxyl groups is 1. The molecule has 11 aromatic rings. The van der Waals surface area contributed by atoms with Crippen LogP contribution in [0.1, 0.15) is 5.56 Å². The number of fused-ring (bicyclic) bond motifs is 7. The molecule has 0 bridgehead atoms. The van der Waals surface area contributed by atoms with Crippen LogP contribution < -0.4 is 16.4 Å². The van der Waals surface area contributed by atoms with Crippen molar-refractivity contribution in [2.75, 3.05) is 0 Å². The Labute approximate surface area is 356 Å². The molecule has 0 saturated heterocycles. The van der Waals surface area contributed by atoms with Gasteiger partial charge in [-0.3, -0.25) is 4.57 Å². The normalized spacial score (nSPS) is 11.6. The summed E-state index contributed by atoms with van der Waals surface area (Å²) in [4.78, 5) is 15.7. The summed E-state index contributed by atoms with van der Waals surface area (Å²) < 4.78 is 4.64. The van der Waals surface area contributed by atoms with Crippen molar-refractivity contribution in [3.05, 3.63) is 175 Å². The number of phenolic OH excluding ortho intramolecular Hbond substituents is 1. The van der Waals surface area contributed by atoms with Gasteiger partial charge in [-0.2, -0.15) is 9.97 Å². The summed E-state index contributed by atoms with van der Waals surface area (Å²) in [5.41, 5.74) is 14.9. The van der Waals surface area contributed by atoms with E-state index in [1.54, 1.807) is 0 Å². The molecule has 1 N–H and O–H groups in total. The summed E-state index contributed by atoms with van der Waals surface area (Å²) in [6.07, 6.45) is 0. The van der Waals surface area contributed by atoms with Crippen LogP contribution in [0.4, 0.5) is 0 Å². The standard InChI is InChI=1S/C52H38B3N5O/c1-30-44(53)46(55)43(49(61)45(30)54)42-34(31-16-5-2-6-17-31)24-15-27-41(42)59-39-25-13-11-22-35(39)37-28-29-38-36-23-12-14-26-40(36)60(48(38)47(37)59)52-57-50(32-18-7-3-8-19-32)56-51(58-52)33-20-9-4-10-21-33/h2-29,61H,53-55H2,1H3. The number of phenols is 1. The molecular weight excluding hydrogens is 743 g/mol. The van der Waals surface area contributed by atoms with Gasteiger partial charge >= 0.3 is 0 Å². The maximum absolute atomic E-state index is 12.3. The second-order valence-electron chi connectivity index (χ2n) is 15.9. The first-order chi connectivity index (χ1) is 29.9. The van der Waals surface area contributed by atoms with E-state index in [9.17, 15) is 5.11 Å². The minimum absolute atomic E-state index is 0.303. The lowest BCUT2D eigenvalue weighted by molar-refractivity contribution is 0.482. The average molecular weight is 781 g/mol. The zero-order valence-corrected chi connectivity index (χ0v) is 34.3. The molecule has 0 aliphatic heterocycles. The van der Waals surface area contributed by atoms with Crippen LogP contribution in [0.25, 0.3) is 100 Å². The summed E-state index contributed by atoms with van der Waals surface area (Å²) in [6.45, 7) is 2.10. The SMILES string of the molecule is Bc1c(B)c(-c2c(-c3ccccc3)cccc2-n2c3ccccc3c3ccc4c5ccccc5n(-c5nc(-c6ccccc6)nc(-c6ccccc6)n5)c4c32)c(O)c(B)c1C. The Bertz CT molecular complexity index is 3440. The molecular formula is C52H38B3N5O. The highest BCUT2D eigenvalue weighted by molar-refractivity contribution is 6.54. The van der Waals surface area contributed by atoms with Crippen LogP contribution in [0.2, 0.25) is 0 Å². The Balaban J connectivity index is 1.34. The number of nitrogens with zero attached hydrogens (tertiary/aromatic N) is 5. The molecule has 3 heterocycles. The van der Waals surface area contributed by atoms with Crippen molar-refractivity contribution in [2.45, 2.75) is 6.92 Å². The van der Waals surface area contributed by atoms with Crippen molar-refractivity contribution in [1.29, 1.82) is 0 Å². The van der Waals surface area contributed by atoms with Crippen LogP contribution in [0.5, 0.6) is 5.75 Å². The second-order valence-corrected chi connectivity index (χ2v) is 15.9. The monoisotopic (exact) mass is 781 g/mol. The molecule has 6 nitrogen and oxygen atoms in total. The third-order valence-electron chi connectivity index (χ3n) is 12.6. The molecule has 0 spiro atoms. The molecule has 0 atom stereocenters. The van der Waals surface area contributed by atoms with Crippen molar-refractivity contribution in [3.8, 4) is 62.4 Å². The smallest absolute Gasteiger partial charge is 0.238 e. The molecule has 9 heteroatoms. The van der Waals surface area contributed by atoms with Gasteiger partial charge in [0.2, 0.25) is 5.95 Å². The predicted molar refractivity (Wildman–Crippen MR) is 261 cm³/mol. The highest BCUT2D eigenvalue weighted by atomic mass is 16.3. The minimum Gasteiger partial charge on any atom is -0.508 e. The maximum Gasteiger partial charge on any atom is 0.238 e. The van der Waals surface area contributed by atoms with E-state index in [-0.39, 0.29) is 0 Å². The molecule has 3 aromatic heterocycles. The Morgan fingerprint density at radius 1 is 0.426 bits per heavy atom. The van der Waals surface area contributed by atoms with Gasteiger partial charge in [0, 0.05) is 43.8 Å². The van der Waals surface area contributed by atoms with E-state index >= 15 is 0 Å². The fourth-order valence-corrected chi connectivity index (χ4v) is 9.30. The molecule has 61 heavy (non-hydrogen) atoms. The number of hydrogen-bond donors (Lipinski definition) is 1. The van der Waals surface area contributed by atoms with Crippen LogP contribution in [-0.2, 0) is 0 Å².